The van der Waals surface area contributed by atoms with Crippen molar-refractivity contribution in [3.8, 4) is 28.5 Å². The van der Waals surface area contributed by atoms with Crippen LogP contribution in [0.5, 0.6) is 0 Å². The number of carbonyl (C=O) groups is 3. The van der Waals surface area contributed by atoms with Gasteiger partial charge in [0, 0.05) is 11.1 Å². The van der Waals surface area contributed by atoms with Gasteiger partial charge in [0.15, 0.2) is 12.4 Å². The second-order valence-corrected chi connectivity index (χ2v) is 8.46. The summed E-state index contributed by atoms with van der Waals surface area (Å²) in [5, 5.41) is 15.1. The fraction of sp³-hybridized carbons (Fsp3) is 0.0323. The first-order chi connectivity index (χ1) is 19.5. The first-order valence-corrected chi connectivity index (χ1v) is 12.1. The van der Waals surface area contributed by atoms with Gasteiger partial charge in [-0.25, -0.2) is 4.79 Å². The molecule has 196 valence electrons. The molecule has 0 atom stereocenters. The summed E-state index contributed by atoms with van der Waals surface area (Å²) in [6.45, 7) is -0.661. The van der Waals surface area contributed by atoms with Crippen LogP contribution in [0.2, 0.25) is 0 Å². The van der Waals surface area contributed by atoms with Gasteiger partial charge in [-0.3, -0.25) is 14.9 Å². The molecule has 0 spiro atoms. The Morgan fingerprint density at radius 2 is 1.48 bits per heavy atom. The Morgan fingerprint density at radius 3 is 2.15 bits per heavy atom. The van der Waals surface area contributed by atoms with Crippen LogP contribution < -0.4 is 10.6 Å². The van der Waals surface area contributed by atoms with Gasteiger partial charge >= 0.3 is 5.97 Å². The third-order valence-electron chi connectivity index (χ3n) is 5.85. The smallest absolute Gasteiger partial charge is 0.340 e. The monoisotopic (exact) mass is 531 g/mol. The number of hydrogen-bond donors (Lipinski definition) is 2. The molecule has 0 aliphatic carbocycles. The quantitative estimate of drug-likeness (QED) is 0.230. The van der Waals surface area contributed by atoms with Crippen molar-refractivity contribution >= 4 is 29.4 Å². The summed E-state index contributed by atoms with van der Waals surface area (Å²) in [6.07, 6.45) is 1.36. The first kappa shape index (κ1) is 25.8. The van der Waals surface area contributed by atoms with Crippen molar-refractivity contribution in [1.29, 1.82) is 5.26 Å². The fourth-order valence-electron chi connectivity index (χ4n) is 4.03. The van der Waals surface area contributed by atoms with E-state index in [1.54, 1.807) is 18.2 Å². The van der Waals surface area contributed by atoms with Gasteiger partial charge in [-0.1, -0.05) is 72.8 Å². The van der Waals surface area contributed by atoms with Gasteiger partial charge in [-0.05, 0) is 29.8 Å². The zero-order chi connectivity index (χ0) is 27.9. The SMILES string of the molecule is N#Cc1c(NC(=O)COC(=O)c2ccccc2NC(=O)c2ccco2)oc(-c2ccccc2)c1-c1ccccc1. The van der Waals surface area contributed by atoms with Crippen molar-refractivity contribution in [1.82, 2.24) is 0 Å². The van der Waals surface area contributed by atoms with Crippen molar-refractivity contribution in [3.63, 3.8) is 0 Å². The number of amides is 2. The lowest BCUT2D eigenvalue weighted by Crippen LogP contribution is -2.22. The normalized spacial score (nSPS) is 10.4. The Labute approximate surface area is 228 Å². The van der Waals surface area contributed by atoms with Gasteiger partial charge < -0.3 is 18.9 Å². The summed E-state index contributed by atoms with van der Waals surface area (Å²) >= 11 is 0. The summed E-state index contributed by atoms with van der Waals surface area (Å²) in [5.41, 5.74) is 2.36. The van der Waals surface area contributed by atoms with E-state index >= 15 is 0 Å². The summed E-state index contributed by atoms with van der Waals surface area (Å²) in [5.74, 6) is -1.67. The lowest BCUT2D eigenvalue weighted by molar-refractivity contribution is -0.119. The van der Waals surface area contributed by atoms with E-state index in [9.17, 15) is 19.6 Å². The van der Waals surface area contributed by atoms with E-state index < -0.39 is 24.4 Å². The van der Waals surface area contributed by atoms with E-state index in [1.807, 2.05) is 60.7 Å². The molecule has 9 heteroatoms. The minimum atomic E-state index is -0.833. The molecule has 40 heavy (non-hydrogen) atoms. The topological polar surface area (TPSA) is 135 Å². The molecule has 9 nitrogen and oxygen atoms in total. The third kappa shape index (κ3) is 5.51. The second kappa shape index (κ2) is 11.7. The van der Waals surface area contributed by atoms with Gasteiger partial charge in [0.05, 0.1) is 17.5 Å². The van der Waals surface area contributed by atoms with E-state index in [4.69, 9.17) is 13.6 Å². The van der Waals surface area contributed by atoms with Crippen LogP contribution in [0, 0.1) is 11.3 Å². The minimum absolute atomic E-state index is 0.0450. The van der Waals surface area contributed by atoms with E-state index in [1.165, 1.54) is 24.5 Å². The third-order valence-corrected chi connectivity index (χ3v) is 5.85. The molecule has 0 saturated carbocycles. The molecular weight excluding hydrogens is 510 g/mol. The van der Waals surface area contributed by atoms with Gasteiger partial charge in [-0.15, -0.1) is 0 Å². The van der Waals surface area contributed by atoms with Crippen LogP contribution in [0.4, 0.5) is 11.6 Å². The van der Waals surface area contributed by atoms with Gasteiger partial charge in [0.1, 0.15) is 17.4 Å². The number of nitrogens with zero attached hydrogens (tertiary/aromatic N) is 1. The molecule has 0 fully saturated rings. The number of ether oxygens (including phenoxy) is 1. The standard InChI is InChI=1S/C31H21N3O6/c32-18-23-27(20-10-3-1-4-11-20)28(21-12-5-2-6-13-21)40-30(23)34-26(35)19-39-31(37)22-14-7-8-15-24(22)33-29(36)25-16-9-17-38-25/h1-17H,19H2,(H,33,36)(H,34,35). The lowest BCUT2D eigenvalue weighted by Gasteiger charge is -2.10. The maximum atomic E-state index is 12.8. The predicted octanol–water partition coefficient (Wildman–Crippen LogP) is 6.13. The molecule has 2 N–H and O–H groups in total. The zero-order valence-electron chi connectivity index (χ0n) is 20.9. The predicted molar refractivity (Wildman–Crippen MR) is 146 cm³/mol. The maximum absolute atomic E-state index is 12.8. The number of anilines is 2. The largest absolute Gasteiger partial charge is 0.459 e. The van der Waals surface area contributed by atoms with Crippen molar-refractivity contribution < 1.29 is 28.0 Å². The highest BCUT2D eigenvalue weighted by Gasteiger charge is 2.25. The van der Waals surface area contributed by atoms with E-state index in [0.717, 1.165) is 11.1 Å². The first-order valence-electron chi connectivity index (χ1n) is 12.1. The molecule has 0 unspecified atom stereocenters. The van der Waals surface area contributed by atoms with Crippen molar-refractivity contribution in [3.05, 3.63) is 120 Å². The van der Waals surface area contributed by atoms with Crippen molar-refractivity contribution in [2.75, 3.05) is 17.2 Å². The van der Waals surface area contributed by atoms with Crippen LogP contribution in [-0.2, 0) is 9.53 Å². The van der Waals surface area contributed by atoms with Crippen LogP contribution in [0.15, 0.2) is 112 Å². The maximum Gasteiger partial charge on any atom is 0.340 e. The Kier molecular flexibility index (Phi) is 7.51. The number of hydrogen-bond acceptors (Lipinski definition) is 7. The molecule has 3 aromatic carbocycles. The average molecular weight is 532 g/mol. The molecule has 5 aromatic rings. The van der Waals surface area contributed by atoms with Gasteiger partial charge in [0.25, 0.3) is 11.8 Å². The molecule has 5 rings (SSSR count). The number of para-hydroxylation sites is 1. The van der Waals surface area contributed by atoms with Crippen LogP contribution in [0.3, 0.4) is 0 Å². The van der Waals surface area contributed by atoms with Crippen LogP contribution in [0.1, 0.15) is 26.5 Å². The molecule has 0 saturated heterocycles. The minimum Gasteiger partial charge on any atom is -0.459 e. The summed E-state index contributed by atoms with van der Waals surface area (Å²) in [4.78, 5) is 37.9. The number of esters is 1. The lowest BCUT2D eigenvalue weighted by atomic mass is 9.98. The Morgan fingerprint density at radius 1 is 0.800 bits per heavy atom. The zero-order valence-corrected chi connectivity index (χ0v) is 20.9. The molecule has 2 heterocycles. The fourth-order valence-corrected chi connectivity index (χ4v) is 4.03. The number of nitrogens with one attached hydrogen (secondary N) is 2. The highest BCUT2D eigenvalue weighted by Crippen LogP contribution is 2.41. The molecule has 2 amide bonds. The summed E-state index contributed by atoms with van der Waals surface area (Å²) < 4.78 is 16.3. The van der Waals surface area contributed by atoms with E-state index in [2.05, 4.69) is 16.7 Å². The number of benzene rings is 3. The molecule has 2 aromatic heterocycles. The number of nitriles is 1. The summed E-state index contributed by atoms with van der Waals surface area (Å²) in [7, 11) is 0. The second-order valence-electron chi connectivity index (χ2n) is 8.46. The molecular formula is C31H21N3O6. The van der Waals surface area contributed by atoms with E-state index in [0.29, 0.717) is 11.3 Å². The molecule has 0 aliphatic heterocycles. The highest BCUT2D eigenvalue weighted by molar-refractivity contribution is 6.07. The number of furan rings is 2. The number of rotatable bonds is 8. The Bertz CT molecular complexity index is 1700. The Balaban J connectivity index is 1.33. The number of carbonyl (C=O) groups excluding carboxylic acids is 3. The van der Waals surface area contributed by atoms with Crippen molar-refractivity contribution in [2.45, 2.75) is 0 Å². The van der Waals surface area contributed by atoms with Crippen molar-refractivity contribution in [2.24, 2.45) is 0 Å². The summed E-state index contributed by atoms with van der Waals surface area (Å²) in [6, 6.07) is 29.8. The highest BCUT2D eigenvalue weighted by atomic mass is 16.5. The van der Waals surface area contributed by atoms with Gasteiger partial charge in [-0.2, -0.15) is 5.26 Å². The van der Waals surface area contributed by atoms with Crippen LogP contribution in [0.25, 0.3) is 22.5 Å². The van der Waals surface area contributed by atoms with Crippen LogP contribution >= 0.6 is 0 Å². The molecule has 0 bridgehead atoms. The van der Waals surface area contributed by atoms with Crippen LogP contribution in [-0.4, -0.2) is 24.4 Å². The van der Waals surface area contributed by atoms with Gasteiger partial charge in [0.2, 0.25) is 5.88 Å². The van der Waals surface area contributed by atoms with E-state index in [-0.39, 0.29) is 28.5 Å². The Hall–Kier alpha value is -5.88. The molecule has 0 aliphatic rings. The molecule has 0 radical (unpaired) electrons. The average Bonchev–Trinajstić information content (AvgIpc) is 3.66.